The van der Waals surface area contributed by atoms with E-state index in [1.165, 1.54) is 6.07 Å². The van der Waals surface area contributed by atoms with Crippen LogP contribution in [0.2, 0.25) is 0 Å². The summed E-state index contributed by atoms with van der Waals surface area (Å²) in [7, 11) is 0. The highest BCUT2D eigenvalue weighted by atomic mass is 16.6. The molecule has 1 unspecified atom stereocenters. The van der Waals surface area contributed by atoms with Gasteiger partial charge in [0.15, 0.2) is 5.65 Å². The number of hydrogen-bond donors (Lipinski definition) is 4. The number of nitrogens with one attached hydrogen (secondary N) is 1. The maximum Gasteiger partial charge on any atom is 0.255 e. The molecule has 0 aliphatic carbocycles. The first-order chi connectivity index (χ1) is 10.4. The van der Waals surface area contributed by atoms with Crippen molar-refractivity contribution in [2.24, 2.45) is 0 Å². The SMILES string of the molecule is Cc1nc2cc([C@@H]3O[C@H](CO)C(O)[C@@H]3O)c(=O)[nH]c2nc1C. The van der Waals surface area contributed by atoms with Crippen molar-refractivity contribution in [2.75, 3.05) is 6.61 Å². The first-order valence-electron chi connectivity index (χ1n) is 6.93. The third-order valence-electron chi connectivity index (χ3n) is 3.97. The van der Waals surface area contributed by atoms with Crippen molar-refractivity contribution >= 4 is 11.2 Å². The minimum absolute atomic E-state index is 0.146. The molecule has 22 heavy (non-hydrogen) atoms. The van der Waals surface area contributed by atoms with Gasteiger partial charge in [-0.15, -0.1) is 0 Å². The van der Waals surface area contributed by atoms with Crippen LogP contribution in [0.15, 0.2) is 10.9 Å². The van der Waals surface area contributed by atoms with Gasteiger partial charge < -0.3 is 25.0 Å². The number of fused-ring (bicyclic) bond motifs is 1. The van der Waals surface area contributed by atoms with Crippen molar-refractivity contribution in [3.8, 4) is 0 Å². The van der Waals surface area contributed by atoms with Gasteiger partial charge in [0.2, 0.25) is 0 Å². The van der Waals surface area contributed by atoms with Gasteiger partial charge >= 0.3 is 0 Å². The summed E-state index contributed by atoms with van der Waals surface area (Å²) in [5.41, 5.74) is 1.93. The molecule has 0 bridgehead atoms. The lowest BCUT2D eigenvalue weighted by Crippen LogP contribution is -2.33. The number of aliphatic hydroxyl groups excluding tert-OH is 3. The van der Waals surface area contributed by atoms with Gasteiger partial charge in [0.05, 0.1) is 23.6 Å². The third-order valence-corrected chi connectivity index (χ3v) is 3.97. The highest BCUT2D eigenvalue weighted by molar-refractivity contribution is 5.70. The van der Waals surface area contributed by atoms with Gasteiger partial charge in [-0.05, 0) is 19.9 Å². The number of aromatic amines is 1. The molecular weight excluding hydrogens is 290 g/mol. The highest BCUT2D eigenvalue weighted by Gasteiger charge is 2.44. The Morgan fingerprint density at radius 2 is 1.91 bits per heavy atom. The number of pyridine rings is 1. The molecule has 3 heterocycles. The molecule has 1 aliphatic rings. The topological polar surface area (TPSA) is 129 Å². The summed E-state index contributed by atoms with van der Waals surface area (Å²) < 4.78 is 5.39. The molecule has 4 N–H and O–H groups in total. The molecule has 4 atom stereocenters. The molecule has 0 saturated carbocycles. The maximum absolute atomic E-state index is 12.2. The van der Waals surface area contributed by atoms with Gasteiger partial charge in [0.1, 0.15) is 29.9 Å². The van der Waals surface area contributed by atoms with Crippen LogP contribution in [0.5, 0.6) is 0 Å². The number of nitrogens with zero attached hydrogens (tertiary/aromatic N) is 2. The van der Waals surface area contributed by atoms with E-state index in [1.54, 1.807) is 13.8 Å². The van der Waals surface area contributed by atoms with Crippen LogP contribution in [0.4, 0.5) is 0 Å². The molecule has 0 spiro atoms. The normalized spacial score (nSPS) is 28.4. The Morgan fingerprint density at radius 3 is 2.55 bits per heavy atom. The maximum atomic E-state index is 12.2. The number of ether oxygens (including phenoxy) is 1. The number of rotatable bonds is 2. The average Bonchev–Trinajstić information content (AvgIpc) is 2.76. The minimum atomic E-state index is -1.30. The van der Waals surface area contributed by atoms with Crippen LogP contribution in [0.25, 0.3) is 11.2 Å². The van der Waals surface area contributed by atoms with Crippen molar-refractivity contribution in [2.45, 2.75) is 38.3 Å². The van der Waals surface area contributed by atoms with Gasteiger partial charge in [-0.25, -0.2) is 9.97 Å². The van der Waals surface area contributed by atoms with E-state index < -0.39 is 36.6 Å². The van der Waals surface area contributed by atoms with Crippen LogP contribution < -0.4 is 5.56 Å². The number of H-pyrrole nitrogens is 1. The largest absolute Gasteiger partial charge is 0.394 e. The van der Waals surface area contributed by atoms with Gasteiger partial charge in [-0.1, -0.05) is 0 Å². The average molecular weight is 307 g/mol. The van der Waals surface area contributed by atoms with Crippen molar-refractivity contribution in [1.29, 1.82) is 0 Å². The Labute approximate surface area is 125 Å². The fourth-order valence-electron chi connectivity index (χ4n) is 2.57. The first-order valence-corrected chi connectivity index (χ1v) is 6.93. The quantitative estimate of drug-likeness (QED) is 0.565. The van der Waals surface area contributed by atoms with Crippen molar-refractivity contribution in [1.82, 2.24) is 15.0 Å². The number of hydrogen-bond acceptors (Lipinski definition) is 7. The Hall–Kier alpha value is -1.87. The summed E-state index contributed by atoms with van der Waals surface area (Å²) in [6, 6.07) is 1.49. The molecule has 0 aromatic carbocycles. The van der Waals surface area contributed by atoms with E-state index in [4.69, 9.17) is 9.84 Å². The second-order valence-electron chi connectivity index (χ2n) is 5.44. The first kappa shape index (κ1) is 15.0. The lowest BCUT2D eigenvalue weighted by atomic mass is 10.0. The molecule has 0 radical (unpaired) electrons. The minimum Gasteiger partial charge on any atom is -0.394 e. The van der Waals surface area contributed by atoms with E-state index in [-0.39, 0.29) is 5.56 Å². The number of aromatic nitrogens is 3. The molecule has 1 aliphatic heterocycles. The molecule has 118 valence electrons. The van der Waals surface area contributed by atoms with Gasteiger partial charge in [-0.3, -0.25) is 4.79 Å². The lowest BCUT2D eigenvalue weighted by molar-refractivity contribution is -0.0231. The second-order valence-corrected chi connectivity index (χ2v) is 5.44. The third kappa shape index (κ3) is 2.30. The Bertz CT molecular complexity index is 775. The van der Waals surface area contributed by atoms with Crippen LogP contribution in [-0.2, 0) is 4.74 Å². The van der Waals surface area contributed by atoms with Crippen LogP contribution >= 0.6 is 0 Å². The summed E-state index contributed by atoms with van der Waals surface area (Å²) in [5, 5.41) is 29.0. The van der Waals surface area contributed by atoms with E-state index >= 15 is 0 Å². The molecule has 8 heteroatoms. The zero-order valence-electron chi connectivity index (χ0n) is 12.1. The number of aryl methyl sites for hydroxylation is 2. The summed E-state index contributed by atoms with van der Waals surface area (Å²) in [6.45, 7) is 3.15. The molecule has 3 rings (SSSR count). The van der Waals surface area contributed by atoms with Crippen LogP contribution in [0, 0.1) is 13.8 Å². The fourth-order valence-corrected chi connectivity index (χ4v) is 2.57. The fraction of sp³-hybridized carbons (Fsp3) is 0.500. The molecule has 1 saturated heterocycles. The zero-order valence-corrected chi connectivity index (χ0v) is 12.1. The summed E-state index contributed by atoms with van der Waals surface area (Å²) in [6.07, 6.45) is -4.50. The van der Waals surface area contributed by atoms with Gasteiger partial charge in [0, 0.05) is 0 Å². The van der Waals surface area contributed by atoms with E-state index in [2.05, 4.69) is 15.0 Å². The van der Waals surface area contributed by atoms with E-state index in [0.29, 0.717) is 16.9 Å². The van der Waals surface area contributed by atoms with Gasteiger partial charge in [-0.2, -0.15) is 0 Å². The van der Waals surface area contributed by atoms with E-state index in [0.717, 1.165) is 5.69 Å². The second kappa shape index (κ2) is 5.40. The monoisotopic (exact) mass is 307 g/mol. The Balaban J connectivity index is 2.10. The number of aliphatic hydroxyl groups is 3. The summed E-state index contributed by atoms with van der Waals surface area (Å²) >= 11 is 0. The van der Waals surface area contributed by atoms with Crippen molar-refractivity contribution in [3.63, 3.8) is 0 Å². The molecule has 8 nitrogen and oxygen atoms in total. The van der Waals surface area contributed by atoms with Crippen LogP contribution in [-0.4, -0.2) is 55.2 Å². The smallest absolute Gasteiger partial charge is 0.255 e. The highest BCUT2D eigenvalue weighted by Crippen LogP contribution is 2.32. The van der Waals surface area contributed by atoms with Crippen molar-refractivity contribution < 1.29 is 20.1 Å². The Kier molecular flexibility index (Phi) is 3.69. The standard InChI is InChI=1S/C14H17N3O5/c1-5-6(2)16-13-8(15-5)3-7(14(21)17-13)12-11(20)10(19)9(4-18)22-12/h3,9-12,18-20H,4H2,1-2H3,(H,16,17,21)/t9-,10?,11+,12+/m1/s1. The molecule has 2 aromatic heterocycles. The predicted octanol–water partition coefficient (Wildman–Crippen LogP) is -0.911. The lowest BCUT2D eigenvalue weighted by Gasteiger charge is -2.14. The Morgan fingerprint density at radius 1 is 1.23 bits per heavy atom. The molecular formula is C14H17N3O5. The molecule has 2 aromatic rings. The zero-order chi connectivity index (χ0) is 16.0. The summed E-state index contributed by atoms with van der Waals surface area (Å²) in [4.78, 5) is 23.4. The van der Waals surface area contributed by atoms with Crippen molar-refractivity contribution in [3.05, 3.63) is 33.4 Å². The molecule has 1 fully saturated rings. The summed E-state index contributed by atoms with van der Waals surface area (Å²) in [5.74, 6) is 0. The molecule has 0 amide bonds. The van der Waals surface area contributed by atoms with Crippen LogP contribution in [0.1, 0.15) is 23.1 Å². The van der Waals surface area contributed by atoms with E-state index in [9.17, 15) is 15.0 Å². The van der Waals surface area contributed by atoms with Crippen LogP contribution in [0.3, 0.4) is 0 Å². The van der Waals surface area contributed by atoms with E-state index in [1.807, 2.05) is 0 Å². The predicted molar refractivity (Wildman–Crippen MR) is 76.3 cm³/mol. The van der Waals surface area contributed by atoms with Gasteiger partial charge in [0.25, 0.3) is 5.56 Å².